The monoisotopic (exact) mass is 398 g/mol. The van der Waals surface area contributed by atoms with Crippen molar-refractivity contribution in [1.29, 1.82) is 0 Å². The molecule has 0 aliphatic rings. The Morgan fingerprint density at radius 3 is 1.64 bits per heavy atom. The summed E-state index contributed by atoms with van der Waals surface area (Å²) < 4.78 is 15.3. The van der Waals surface area contributed by atoms with Crippen molar-refractivity contribution in [3.8, 4) is 0 Å². The van der Waals surface area contributed by atoms with Gasteiger partial charge in [0.15, 0.2) is 0 Å². The Kier molecular flexibility index (Phi) is 23.1. The predicted molar refractivity (Wildman–Crippen MR) is 117 cm³/mol. The van der Waals surface area contributed by atoms with Crippen molar-refractivity contribution in [2.45, 2.75) is 110 Å². The third kappa shape index (κ3) is 23.0. The standard InChI is InChI=1S/C24H46O4/c1-3-5-6-7-8-9-10-11-12-13-14-15-16-17-18-19-24(25)28-23-22-27-21-20-26-4-2/h4H,2-3,5-23H2,1H3. The number of ether oxygens (including phenoxy) is 3. The number of rotatable bonds is 23. The van der Waals surface area contributed by atoms with E-state index in [1.54, 1.807) is 0 Å². The van der Waals surface area contributed by atoms with Gasteiger partial charge < -0.3 is 14.2 Å². The molecule has 0 aromatic rings. The molecule has 0 aromatic carbocycles. The van der Waals surface area contributed by atoms with E-state index >= 15 is 0 Å². The van der Waals surface area contributed by atoms with Crippen molar-refractivity contribution in [2.24, 2.45) is 0 Å². The zero-order valence-corrected chi connectivity index (χ0v) is 18.6. The number of hydrogen-bond acceptors (Lipinski definition) is 4. The molecule has 4 nitrogen and oxygen atoms in total. The summed E-state index contributed by atoms with van der Waals surface area (Å²) in [6.07, 6.45) is 21.9. The van der Waals surface area contributed by atoms with E-state index in [0.29, 0.717) is 32.8 Å². The fraction of sp³-hybridized carbons (Fsp3) is 0.875. The molecular formula is C24H46O4. The summed E-state index contributed by atoms with van der Waals surface area (Å²) in [5, 5.41) is 0. The number of carbonyl (C=O) groups is 1. The number of hydrogen-bond donors (Lipinski definition) is 0. The Hall–Kier alpha value is -1.03. The van der Waals surface area contributed by atoms with Crippen molar-refractivity contribution in [3.63, 3.8) is 0 Å². The molecule has 0 aromatic heterocycles. The fourth-order valence-corrected chi connectivity index (χ4v) is 3.22. The minimum atomic E-state index is -0.111. The molecule has 0 saturated heterocycles. The molecule has 0 saturated carbocycles. The van der Waals surface area contributed by atoms with E-state index in [-0.39, 0.29) is 5.97 Å². The summed E-state index contributed by atoms with van der Waals surface area (Å²) in [6, 6.07) is 0. The first-order valence-electron chi connectivity index (χ1n) is 11.8. The Balaban J connectivity index is 3.12. The molecule has 0 fully saturated rings. The minimum absolute atomic E-state index is 0.111. The smallest absolute Gasteiger partial charge is 0.305 e. The first-order chi connectivity index (χ1) is 13.8. The van der Waals surface area contributed by atoms with Crippen LogP contribution < -0.4 is 0 Å². The average Bonchev–Trinajstić information content (AvgIpc) is 2.70. The van der Waals surface area contributed by atoms with Crippen LogP contribution in [0.25, 0.3) is 0 Å². The molecule has 0 N–H and O–H groups in total. The largest absolute Gasteiger partial charge is 0.499 e. The molecular weight excluding hydrogens is 352 g/mol. The van der Waals surface area contributed by atoms with Crippen LogP contribution in [0.15, 0.2) is 12.8 Å². The molecule has 166 valence electrons. The van der Waals surface area contributed by atoms with Gasteiger partial charge in [0, 0.05) is 6.42 Å². The van der Waals surface area contributed by atoms with Crippen LogP contribution in [0.3, 0.4) is 0 Å². The maximum absolute atomic E-state index is 11.6. The van der Waals surface area contributed by atoms with Crippen LogP contribution in [0.1, 0.15) is 110 Å². The lowest BCUT2D eigenvalue weighted by Gasteiger charge is -2.06. The second kappa shape index (κ2) is 24.0. The summed E-state index contributed by atoms with van der Waals surface area (Å²) in [7, 11) is 0. The van der Waals surface area contributed by atoms with Crippen molar-refractivity contribution >= 4 is 5.97 Å². The van der Waals surface area contributed by atoms with Crippen molar-refractivity contribution < 1.29 is 19.0 Å². The van der Waals surface area contributed by atoms with Gasteiger partial charge in [-0.3, -0.25) is 4.79 Å². The van der Waals surface area contributed by atoms with Crippen LogP contribution >= 0.6 is 0 Å². The zero-order valence-electron chi connectivity index (χ0n) is 18.6. The van der Waals surface area contributed by atoms with E-state index < -0.39 is 0 Å². The number of carbonyl (C=O) groups excluding carboxylic acids is 1. The van der Waals surface area contributed by atoms with Gasteiger partial charge in [0.1, 0.15) is 13.2 Å². The molecule has 0 unspecified atom stereocenters. The van der Waals surface area contributed by atoms with Crippen LogP contribution in [-0.4, -0.2) is 32.4 Å². The van der Waals surface area contributed by atoms with E-state index in [9.17, 15) is 4.79 Å². The van der Waals surface area contributed by atoms with Crippen LogP contribution in [0, 0.1) is 0 Å². The molecule has 4 heteroatoms. The third-order valence-corrected chi connectivity index (χ3v) is 4.94. The van der Waals surface area contributed by atoms with Gasteiger partial charge in [-0.1, -0.05) is 103 Å². The highest BCUT2D eigenvalue weighted by Gasteiger charge is 2.02. The minimum Gasteiger partial charge on any atom is -0.499 e. The molecule has 0 spiro atoms. The van der Waals surface area contributed by atoms with Crippen molar-refractivity contribution in [3.05, 3.63) is 12.8 Å². The van der Waals surface area contributed by atoms with Gasteiger partial charge in [0.2, 0.25) is 0 Å². The normalized spacial score (nSPS) is 10.8. The molecule has 0 bridgehead atoms. The van der Waals surface area contributed by atoms with Gasteiger partial charge in [0.05, 0.1) is 19.5 Å². The molecule has 0 radical (unpaired) electrons. The van der Waals surface area contributed by atoms with E-state index in [0.717, 1.165) is 12.8 Å². The zero-order chi connectivity index (χ0) is 20.5. The highest BCUT2D eigenvalue weighted by molar-refractivity contribution is 5.69. The maximum Gasteiger partial charge on any atom is 0.305 e. The van der Waals surface area contributed by atoms with E-state index in [1.165, 1.54) is 89.7 Å². The van der Waals surface area contributed by atoms with Crippen LogP contribution in [0.2, 0.25) is 0 Å². The van der Waals surface area contributed by atoms with Gasteiger partial charge >= 0.3 is 5.97 Å². The molecule has 0 rings (SSSR count). The van der Waals surface area contributed by atoms with Gasteiger partial charge in [0.25, 0.3) is 0 Å². The molecule has 0 heterocycles. The van der Waals surface area contributed by atoms with Gasteiger partial charge in [-0.2, -0.15) is 0 Å². The summed E-state index contributed by atoms with van der Waals surface area (Å²) in [4.78, 5) is 11.6. The SMILES string of the molecule is C=COCCOCCOC(=O)CCCCCCCCCCCCCCCCC. The molecule has 0 amide bonds. The van der Waals surface area contributed by atoms with Crippen molar-refractivity contribution in [2.75, 3.05) is 26.4 Å². The van der Waals surface area contributed by atoms with Gasteiger partial charge in [-0.25, -0.2) is 0 Å². The lowest BCUT2D eigenvalue weighted by Crippen LogP contribution is -2.12. The van der Waals surface area contributed by atoms with E-state index in [1.807, 2.05) is 0 Å². The quantitative estimate of drug-likeness (QED) is 0.106. The third-order valence-electron chi connectivity index (χ3n) is 4.94. The van der Waals surface area contributed by atoms with Gasteiger partial charge in [-0.15, -0.1) is 0 Å². The summed E-state index contributed by atoms with van der Waals surface area (Å²) in [6.45, 7) is 7.44. The molecule has 0 aliphatic carbocycles. The highest BCUT2D eigenvalue weighted by atomic mass is 16.6. The Bertz CT molecular complexity index is 331. The lowest BCUT2D eigenvalue weighted by atomic mass is 10.0. The number of esters is 1. The molecule has 0 atom stereocenters. The Morgan fingerprint density at radius 1 is 0.679 bits per heavy atom. The lowest BCUT2D eigenvalue weighted by molar-refractivity contribution is -0.145. The average molecular weight is 399 g/mol. The van der Waals surface area contributed by atoms with Crippen LogP contribution in [-0.2, 0) is 19.0 Å². The van der Waals surface area contributed by atoms with E-state index in [4.69, 9.17) is 14.2 Å². The summed E-state index contributed by atoms with van der Waals surface area (Å²) in [5.74, 6) is -0.111. The summed E-state index contributed by atoms with van der Waals surface area (Å²) in [5.41, 5.74) is 0. The topological polar surface area (TPSA) is 44.8 Å². The Morgan fingerprint density at radius 2 is 1.14 bits per heavy atom. The fourth-order valence-electron chi connectivity index (χ4n) is 3.22. The second-order valence-electron chi connectivity index (χ2n) is 7.57. The Labute approximate surface area is 174 Å². The molecule has 28 heavy (non-hydrogen) atoms. The molecule has 0 aliphatic heterocycles. The highest BCUT2D eigenvalue weighted by Crippen LogP contribution is 2.13. The van der Waals surface area contributed by atoms with Gasteiger partial charge in [-0.05, 0) is 6.42 Å². The van der Waals surface area contributed by atoms with Crippen molar-refractivity contribution in [1.82, 2.24) is 0 Å². The van der Waals surface area contributed by atoms with Crippen LogP contribution in [0.5, 0.6) is 0 Å². The maximum atomic E-state index is 11.6. The predicted octanol–water partition coefficient (Wildman–Crippen LogP) is 6.97. The number of unbranched alkanes of at least 4 members (excludes halogenated alkanes) is 14. The first kappa shape index (κ1) is 27.0. The van der Waals surface area contributed by atoms with E-state index in [2.05, 4.69) is 13.5 Å². The van der Waals surface area contributed by atoms with Crippen LogP contribution in [0.4, 0.5) is 0 Å². The summed E-state index contributed by atoms with van der Waals surface area (Å²) >= 11 is 0. The second-order valence-corrected chi connectivity index (χ2v) is 7.57. The first-order valence-corrected chi connectivity index (χ1v) is 11.8.